The zero-order chi connectivity index (χ0) is 37.9. The molecule has 0 bridgehead atoms. The molecule has 4 nitrogen and oxygen atoms in total. The zero-order valence-electron chi connectivity index (χ0n) is 31.4. The van der Waals surface area contributed by atoms with Crippen LogP contribution in [0.2, 0.25) is 0 Å². The Labute approximate surface area is 335 Å². The van der Waals surface area contributed by atoms with Gasteiger partial charge in [0.05, 0.1) is 56.2 Å². The van der Waals surface area contributed by atoms with Crippen molar-refractivity contribution in [2.75, 3.05) is 9.80 Å². The lowest BCUT2D eigenvalue weighted by Crippen LogP contribution is -2.18. The molecule has 2 aliphatic heterocycles. The highest BCUT2D eigenvalue weighted by Gasteiger charge is 2.30. The molecule has 4 heterocycles. The third kappa shape index (κ3) is 4.29. The first-order valence-electron chi connectivity index (χ1n) is 19.9. The number of aromatic nitrogens is 2. The predicted octanol–water partition coefficient (Wildman–Crippen LogP) is 14.8. The lowest BCUT2D eigenvalue weighted by Gasteiger charge is -2.33. The fourth-order valence-corrected chi connectivity index (χ4v) is 9.87. The second-order valence-corrected chi connectivity index (χ2v) is 15.4. The van der Waals surface area contributed by atoms with E-state index in [0.717, 1.165) is 11.4 Å². The van der Waals surface area contributed by atoms with Gasteiger partial charge in [-0.3, -0.25) is 0 Å². The van der Waals surface area contributed by atoms with Crippen molar-refractivity contribution in [3.8, 4) is 33.6 Å². The van der Waals surface area contributed by atoms with Gasteiger partial charge in [-0.15, -0.1) is 0 Å². The van der Waals surface area contributed by atoms with Gasteiger partial charge in [0.1, 0.15) is 0 Å². The summed E-state index contributed by atoms with van der Waals surface area (Å²) in [5.41, 5.74) is 19.1. The molecule has 0 spiro atoms. The summed E-state index contributed by atoms with van der Waals surface area (Å²) in [5, 5.41) is 5.09. The number of hydrogen-bond acceptors (Lipinski definition) is 2. The molecule has 9 aromatic carbocycles. The molecule has 0 aliphatic carbocycles. The van der Waals surface area contributed by atoms with Gasteiger partial charge in [-0.25, -0.2) is 0 Å². The average Bonchev–Trinajstić information content (AvgIpc) is 3.82. The Morgan fingerprint density at radius 3 is 1.24 bits per heavy atom. The van der Waals surface area contributed by atoms with Crippen LogP contribution in [0.15, 0.2) is 206 Å². The maximum absolute atomic E-state index is 2.44. The number of benzene rings is 9. The monoisotopic (exact) mass is 738 g/mol. The second kappa shape index (κ2) is 11.8. The first-order valence-corrected chi connectivity index (χ1v) is 19.9. The zero-order valence-corrected chi connectivity index (χ0v) is 31.4. The van der Waals surface area contributed by atoms with E-state index < -0.39 is 0 Å². The maximum Gasteiger partial charge on any atom is 0.0783 e. The molecule has 2 aromatic heterocycles. The van der Waals surface area contributed by atoms with Gasteiger partial charge in [0, 0.05) is 32.9 Å². The van der Waals surface area contributed by atoms with Gasteiger partial charge in [0.15, 0.2) is 0 Å². The van der Waals surface area contributed by atoms with Crippen LogP contribution >= 0.6 is 0 Å². The van der Waals surface area contributed by atoms with Crippen molar-refractivity contribution in [2.45, 2.75) is 0 Å². The minimum atomic E-state index is 1.14. The Balaban J connectivity index is 0.886. The molecule has 0 radical (unpaired) electrons. The van der Waals surface area contributed by atoms with Gasteiger partial charge in [-0.2, -0.15) is 0 Å². The highest BCUT2D eigenvalue weighted by Crippen LogP contribution is 2.51. The lowest BCUT2D eigenvalue weighted by molar-refractivity contribution is 1.11. The molecule has 0 unspecified atom stereocenters. The number of nitrogens with zero attached hydrogens (tertiary/aromatic N) is 4. The van der Waals surface area contributed by atoms with Crippen LogP contribution in [0.25, 0.3) is 77.2 Å². The number of anilines is 6. The summed E-state index contributed by atoms with van der Waals surface area (Å²) >= 11 is 0. The second-order valence-electron chi connectivity index (χ2n) is 15.4. The van der Waals surface area contributed by atoms with Crippen LogP contribution in [0.4, 0.5) is 34.1 Å². The topological polar surface area (TPSA) is 16.3 Å². The van der Waals surface area contributed by atoms with Gasteiger partial charge in [-0.05, 0) is 101 Å². The molecule has 270 valence electrons. The molecule has 0 atom stereocenters. The Morgan fingerprint density at radius 2 is 0.655 bits per heavy atom. The van der Waals surface area contributed by atoms with Crippen molar-refractivity contribution < 1.29 is 0 Å². The summed E-state index contributed by atoms with van der Waals surface area (Å²) in [6.45, 7) is 0. The van der Waals surface area contributed by atoms with Gasteiger partial charge < -0.3 is 18.9 Å². The molecule has 0 fully saturated rings. The summed E-state index contributed by atoms with van der Waals surface area (Å²) in [6.07, 6.45) is 0. The van der Waals surface area contributed by atoms with Gasteiger partial charge in [0.2, 0.25) is 0 Å². The van der Waals surface area contributed by atoms with Crippen molar-refractivity contribution in [1.29, 1.82) is 0 Å². The van der Waals surface area contributed by atoms with Gasteiger partial charge >= 0.3 is 0 Å². The predicted molar refractivity (Wildman–Crippen MR) is 242 cm³/mol. The van der Waals surface area contributed by atoms with E-state index in [1.807, 2.05) is 0 Å². The number of hydrogen-bond donors (Lipinski definition) is 0. The molecular formula is C54H34N4. The van der Waals surface area contributed by atoms with Crippen LogP contribution in [0, 0.1) is 0 Å². The molecule has 0 saturated heterocycles. The van der Waals surface area contributed by atoms with Crippen molar-refractivity contribution in [1.82, 2.24) is 9.13 Å². The van der Waals surface area contributed by atoms with E-state index in [1.54, 1.807) is 0 Å². The largest absolute Gasteiger partial charge is 0.306 e. The summed E-state index contributed by atoms with van der Waals surface area (Å²) < 4.78 is 4.87. The fourth-order valence-electron chi connectivity index (χ4n) is 9.87. The normalized spacial score (nSPS) is 12.8. The Bertz CT molecular complexity index is 3480. The SMILES string of the molecule is c1cc(-c2ccc(N3c4ccccc4-n4c5ccccc5c5cccc3c54)cc2)cc(-c2cccc(N3c4ccccc4-n4c5ccccc5c5cccc3c54)c2)c1. The standard InChI is InChI=1S/C54H34N4/c1-3-21-45-41(17-1)43-19-11-27-51-53(43)57(45)49-25-7-5-23-47(49)55(51)39-31-29-35(30-32-39)36-13-9-14-37(33-36)38-15-10-16-40(34-38)56-48-24-6-8-26-50(48)58-46-22-4-2-18-42(46)44-20-12-28-52(56)54(44)58/h1-34H. The molecule has 0 saturated carbocycles. The minimum Gasteiger partial charge on any atom is -0.306 e. The quantitative estimate of drug-likeness (QED) is 0.179. The lowest BCUT2D eigenvalue weighted by atomic mass is 9.98. The van der Waals surface area contributed by atoms with E-state index >= 15 is 0 Å². The van der Waals surface area contributed by atoms with Crippen molar-refractivity contribution in [2.24, 2.45) is 0 Å². The molecule has 0 amide bonds. The van der Waals surface area contributed by atoms with E-state index in [4.69, 9.17) is 0 Å². The molecule has 2 aliphatic rings. The Hall–Kier alpha value is -7.82. The number of para-hydroxylation sites is 8. The first kappa shape index (κ1) is 31.4. The van der Waals surface area contributed by atoms with E-state index in [0.29, 0.717) is 0 Å². The van der Waals surface area contributed by atoms with Gasteiger partial charge in [0.25, 0.3) is 0 Å². The van der Waals surface area contributed by atoms with Gasteiger partial charge in [-0.1, -0.05) is 127 Å². The van der Waals surface area contributed by atoms with Crippen LogP contribution in [-0.2, 0) is 0 Å². The summed E-state index contributed by atoms with van der Waals surface area (Å²) in [5.74, 6) is 0. The van der Waals surface area contributed by atoms with Crippen LogP contribution in [0.3, 0.4) is 0 Å². The minimum absolute atomic E-state index is 1.14. The molecule has 4 heteroatoms. The van der Waals surface area contributed by atoms with E-state index in [9.17, 15) is 0 Å². The third-order valence-corrected chi connectivity index (χ3v) is 12.3. The summed E-state index contributed by atoms with van der Waals surface area (Å²) in [4.78, 5) is 4.85. The van der Waals surface area contributed by atoms with E-state index in [-0.39, 0.29) is 0 Å². The van der Waals surface area contributed by atoms with Crippen LogP contribution in [0.1, 0.15) is 0 Å². The first-order chi connectivity index (χ1) is 28.8. The third-order valence-electron chi connectivity index (χ3n) is 12.3. The highest BCUT2D eigenvalue weighted by atomic mass is 15.2. The van der Waals surface area contributed by atoms with Crippen molar-refractivity contribution in [3.05, 3.63) is 206 Å². The fraction of sp³-hybridized carbons (Fsp3) is 0. The molecule has 0 N–H and O–H groups in total. The van der Waals surface area contributed by atoms with Crippen LogP contribution in [0.5, 0.6) is 0 Å². The average molecular weight is 739 g/mol. The molecule has 11 aromatic rings. The molecule has 13 rings (SSSR count). The van der Waals surface area contributed by atoms with E-state index in [2.05, 4.69) is 225 Å². The summed E-state index contributed by atoms with van der Waals surface area (Å²) in [7, 11) is 0. The maximum atomic E-state index is 2.44. The number of fused-ring (bicyclic) bond motifs is 10. The molecular weight excluding hydrogens is 705 g/mol. The van der Waals surface area contributed by atoms with Crippen molar-refractivity contribution >= 4 is 77.7 Å². The van der Waals surface area contributed by atoms with Crippen LogP contribution < -0.4 is 9.80 Å². The highest BCUT2D eigenvalue weighted by molar-refractivity contribution is 6.18. The number of rotatable bonds is 4. The Kier molecular flexibility index (Phi) is 6.41. The van der Waals surface area contributed by atoms with Crippen LogP contribution in [-0.4, -0.2) is 9.13 Å². The molecule has 58 heavy (non-hydrogen) atoms. The smallest absolute Gasteiger partial charge is 0.0783 e. The van der Waals surface area contributed by atoms with Crippen molar-refractivity contribution in [3.63, 3.8) is 0 Å². The summed E-state index contributed by atoms with van der Waals surface area (Å²) in [6, 6.07) is 75.4. The van der Waals surface area contributed by atoms with E-state index in [1.165, 1.54) is 100.0 Å². The Morgan fingerprint density at radius 1 is 0.241 bits per heavy atom.